The molecule has 0 radical (unpaired) electrons. The highest BCUT2D eigenvalue weighted by Gasteiger charge is 2.17. The lowest BCUT2D eigenvalue weighted by Gasteiger charge is -2.22. The van der Waals surface area contributed by atoms with Crippen LogP contribution >= 0.6 is 0 Å². The third-order valence-electron chi connectivity index (χ3n) is 4.10. The van der Waals surface area contributed by atoms with E-state index in [1.54, 1.807) is 12.1 Å². The van der Waals surface area contributed by atoms with Crippen LogP contribution in [-0.4, -0.2) is 39.0 Å². The van der Waals surface area contributed by atoms with E-state index in [0.717, 1.165) is 12.8 Å². The van der Waals surface area contributed by atoms with Gasteiger partial charge in [0.15, 0.2) is 0 Å². The molecule has 1 heterocycles. The number of rotatable bonds is 10. The number of non-ortho nitro benzene ring substituents is 1. The number of carbonyl (C=O) groups is 1. The molecular formula is C19H26N4O4. The van der Waals surface area contributed by atoms with E-state index in [2.05, 4.69) is 17.1 Å². The first kappa shape index (κ1) is 20.5. The summed E-state index contributed by atoms with van der Waals surface area (Å²) in [7, 11) is 0. The summed E-state index contributed by atoms with van der Waals surface area (Å²) in [5, 5.41) is 14.8. The number of hydrogen-bond donors (Lipinski definition) is 0. The van der Waals surface area contributed by atoms with E-state index < -0.39 is 4.92 Å². The number of hydrogen-bond acceptors (Lipinski definition) is 6. The lowest BCUT2D eigenvalue weighted by molar-refractivity contribution is -0.384. The summed E-state index contributed by atoms with van der Waals surface area (Å²) in [6, 6.07) is 6.10. The van der Waals surface area contributed by atoms with Crippen LogP contribution in [-0.2, 0) is 11.2 Å². The molecular weight excluding hydrogens is 348 g/mol. The Morgan fingerprint density at radius 2 is 2.11 bits per heavy atom. The first-order valence-corrected chi connectivity index (χ1v) is 9.25. The second-order valence-electron chi connectivity index (χ2n) is 6.90. The first-order valence-electron chi connectivity index (χ1n) is 9.25. The Morgan fingerprint density at radius 3 is 2.78 bits per heavy atom. The van der Waals surface area contributed by atoms with Crippen LogP contribution in [0.2, 0.25) is 0 Å². The van der Waals surface area contributed by atoms with Gasteiger partial charge in [0.1, 0.15) is 0 Å². The van der Waals surface area contributed by atoms with Crippen LogP contribution in [0.15, 0.2) is 28.8 Å². The van der Waals surface area contributed by atoms with Crippen molar-refractivity contribution in [3.63, 3.8) is 0 Å². The third-order valence-corrected chi connectivity index (χ3v) is 4.10. The van der Waals surface area contributed by atoms with Gasteiger partial charge in [0.05, 0.1) is 4.92 Å². The van der Waals surface area contributed by atoms with E-state index in [4.69, 9.17) is 4.52 Å². The Kier molecular flexibility index (Phi) is 7.45. The number of benzene rings is 1. The van der Waals surface area contributed by atoms with Gasteiger partial charge in [-0.15, -0.1) is 0 Å². The number of nitro groups is 1. The second kappa shape index (κ2) is 9.80. The fraction of sp³-hybridized carbons (Fsp3) is 0.526. The minimum atomic E-state index is -0.462. The molecule has 1 amide bonds. The molecule has 0 unspecified atom stereocenters. The molecule has 27 heavy (non-hydrogen) atoms. The largest absolute Gasteiger partial charge is 0.342 e. The molecule has 1 aromatic heterocycles. The third kappa shape index (κ3) is 6.16. The van der Waals surface area contributed by atoms with Gasteiger partial charge in [0, 0.05) is 43.6 Å². The average molecular weight is 374 g/mol. The van der Waals surface area contributed by atoms with Gasteiger partial charge < -0.3 is 9.42 Å². The maximum Gasteiger partial charge on any atom is 0.270 e. The summed E-state index contributed by atoms with van der Waals surface area (Å²) >= 11 is 0. The standard InChI is InChI=1S/C19H26N4O4/c1-4-5-10-22(18(24)12-14(2)3)11-9-17-20-19(21-27-17)15-7-6-8-16(13-15)23(25)26/h6-8,13-14H,4-5,9-12H2,1-3H3. The minimum absolute atomic E-state index is 0.0242. The number of nitrogens with zero attached hydrogens (tertiary/aromatic N) is 4. The zero-order valence-corrected chi connectivity index (χ0v) is 16.1. The van der Waals surface area contributed by atoms with E-state index in [0.29, 0.717) is 49.1 Å². The van der Waals surface area contributed by atoms with Crippen LogP contribution in [0.1, 0.15) is 45.9 Å². The van der Waals surface area contributed by atoms with Crippen molar-refractivity contribution >= 4 is 11.6 Å². The predicted molar refractivity (Wildman–Crippen MR) is 101 cm³/mol. The van der Waals surface area contributed by atoms with Crippen LogP contribution in [0.3, 0.4) is 0 Å². The Labute approximate surface area is 158 Å². The lowest BCUT2D eigenvalue weighted by atomic mass is 10.1. The van der Waals surface area contributed by atoms with E-state index in [-0.39, 0.29) is 11.6 Å². The molecule has 0 bridgehead atoms. The zero-order chi connectivity index (χ0) is 19.8. The molecule has 8 nitrogen and oxygen atoms in total. The Morgan fingerprint density at radius 1 is 1.33 bits per heavy atom. The molecule has 146 valence electrons. The van der Waals surface area contributed by atoms with Crippen molar-refractivity contribution in [2.75, 3.05) is 13.1 Å². The smallest absolute Gasteiger partial charge is 0.270 e. The topological polar surface area (TPSA) is 102 Å². The van der Waals surface area contributed by atoms with Crippen molar-refractivity contribution in [2.45, 2.75) is 46.5 Å². The number of carbonyl (C=O) groups excluding carboxylic acids is 1. The van der Waals surface area contributed by atoms with Crippen molar-refractivity contribution in [3.05, 3.63) is 40.3 Å². The molecule has 0 atom stereocenters. The maximum atomic E-state index is 12.4. The van der Waals surface area contributed by atoms with Gasteiger partial charge >= 0.3 is 0 Å². The van der Waals surface area contributed by atoms with Gasteiger partial charge in [0.25, 0.3) is 5.69 Å². The van der Waals surface area contributed by atoms with Gasteiger partial charge in [-0.1, -0.05) is 44.5 Å². The van der Waals surface area contributed by atoms with Crippen molar-refractivity contribution in [1.82, 2.24) is 15.0 Å². The number of nitro benzene ring substituents is 1. The highest BCUT2D eigenvalue weighted by Crippen LogP contribution is 2.21. The van der Waals surface area contributed by atoms with Crippen molar-refractivity contribution in [3.8, 4) is 11.4 Å². The molecule has 0 fully saturated rings. The Bertz CT molecular complexity index is 773. The molecule has 0 aliphatic rings. The maximum absolute atomic E-state index is 12.4. The van der Waals surface area contributed by atoms with Crippen LogP contribution in [0.25, 0.3) is 11.4 Å². The monoisotopic (exact) mass is 374 g/mol. The average Bonchev–Trinajstić information content (AvgIpc) is 3.10. The van der Waals surface area contributed by atoms with E-state index >= 15 is 0 Å². The Hall–Kier alpha value is -2.77. The molecule has 0 spiro atoms. The quantitative estimate of drug-likeness (QED) is 0.462. The first-order chi connectivity index (χ1) is 12.9. The summed E-state index contributed by atoms with van der Waals surface area (Å²) in [5.41, 5.74) is 0.502. The van der Waals surface area contributed by atoms with Crippen molar-refractivity contribution in [2.24, 2.45) is 5.92 Å². The van der Waals surface area contributed by atoms with Crippen LogP contribution in [0.4, 0.5) is 5.69 Å². The Balaban J connectivity index is 2.03. The summed E-state index contributed by atoms with van der Waals surface area (Å²) in [6.07, 6.45) is 2.94. The van der Waals surface area contributed by atoms with Crippen LogP contribution in [0, 0.1) is 16.0 Å². The summed E-state index contributed by atoms with van der Waals surface area (Å²) < 4.78 is 5.27. The summed E-state index contributed by atoms with van der Waals surface area (Å²) in [6.45, 7) is 7.38. The SMILES string of the molecule is CCCCN(CCc1nc(-c2cccc([N+](=O)[O-])c2)no1)C(=O)CC(C)C. The molecule has 8 heteroatoms. The van der Waals surface area contributed by atoms with Crippen molar-refractivity contribution in [1.29, 1.82) is 0 Å². The van der Waals surface area contributed by atoms with Gasteiger partial charge in [-0.25, -0.2) is 0 Å². The normalized spacial score (nSPS) is 11.0. The van der Waals surface area contributed by atoms with Gasteiger partial charge in [-0.05, 0) is 12.3 Å². The van der Waals surface area contributed by atoms with Crippen molar-refractivity contribution < 1.29 is 14.2 Å². The van der Waals surface area contributed by atoms with Crippen LogP contribution < -0.4 is 0 Å². The predicted octanol–water partition coefficient (Wildman–Crippen LogP) is 3.86. The highest BCUT2D eigenvalue weighted by atomic mass is 16.6. The molecule has 0 N–H and O–H groups in total. The fourth-order valence-electron chi connectivity index (χ4n) is 2.65. The highest BCUT2D eigenvalue weighted by molar-refractivity contribution is 5.76. The van der Waals surface area contributed by atoms with E-state index in [9.17, 15) is 14.9 Å². The summed E-state index contributed by atoms with van der Waals surface area (Å²) in [5.74, 6) is 1.17. The lowest BCUT2D eigenvalue weighted by Crippen LogP contribution is -2.34. The van der Waals surface area contributed by atoms with Gasteiger partial charge in [-0.3, -0.25) is 14.9 Å². The molecule has 0 aliphatic heterocycles. The zero-order valence-electron chi connectivity index (χ0n) is 16.1. The second-order valence-corrected chi connectivity index (χ2v) is 6.90. The molecule has 2 aromatic rings. The number of aromatic nitrogens is 2. The number of amides is 1. The summed E-state index contributed by atoms with van der Waals surface area (Å²) in [4.78, 5) is 29.0. The van der Waals surface area contributed by atoms with Gasteiger partial charge in [-0.2, -0.15) is 4.98 Å². The van der Waals surface area contributed by atoms with Crippen LogP contribution in [0.5, 0.6) is 0 Å². The molecule has 1 aromatic carbocycles. The molecule has 2 rings (SSSR count). The molecule has 0 aliphatic carbocycles. The fourth-order valence-corrected chi connectivity index (χ4v) is 2.65. The molecule has 0 saturated carbocycles. The van der Waals surface area contributed by atoms with E-state index in [1.165, 1.54) is 12.1 Å². The minimum Gasteiger partial charge on any atom is -0.342 e. The van der Waals surface area contributed by atoms with E-state index in [1.807, 2.05) is 18.7 Å². The molecule has 0 saturated heterocycles. The number of unbranched alkanes of at least 4 members (excludes halogenated alkanes) is 1. The van der Waals surface area contributed by atoms with Gasteiger partial charge in [0.2, 0.25) is 17.6 Å².